The van der Waals surface area contributed by atoms with Crippen molar-refractivity contribution >= 4 is 29.0 Å². The minimum atomic E-state index is -0.316. The van der Waals surface area contributed by atoms with Crippen molar-refractivity contribution in [3.63, 3.8) is 0 Å². The van der Waals surface area contributed by atoms with E-state index in [-0.39, 0.29) is 23.5 Å². The highest BCUT2D eigenvalue weighted by Crippen LogP contribution is 2.13. The molecule has 0 fully saturated rings. The van der Waals surface area contributed by atoms with Crippen molar-refractivity contribution in [1.29, 1.82) is 0 Å². The Kier molecular flexibility index (Phi) is 6.04. The zero-order chi connectivity index (χ0) is 16.7. The van der Waals surface area contributed by atoms with E-state index in [2.05, 4.69) is 26.1 Å². The Balaban J connectivity index is 1.83. The summed E-state index contributed by atoms with van der Waals surface area (Å²) in [6, 6.07) is 8.86. The van der Waals surface area contributed by atoms with Gasteiger partial charge in [-0.05, 0) is 18.1 Å². The van der Waals surface area contributed by atoms with Crippen LogP contribution in [-0.4, -0.2) is 28.7 Å². The van der Waals surface area contributed by atoms with Gasteiger partial charge in [0, 0.05) is 12.2 Å². The second kappa shape index (κ2) is 8.23. The van der Waals surface area contributed by atoms with Crippen molar-refractivity contribution in [2.24, 2.45) is 5.92 Å². The maximum Gasteiger partial charge on any atom is 0.315 e. The van der Waals surface area contributed by atoms with Crippen molar-refractivity contribution in [1.82, 2.24) is 20.8 Å². The summed E-state index contributed by atoms with van der Waals surface area (Å²) in [4.78, 5) is 23.6. The molecular formula is C15H19N5O2S. The van der Waals surface area contributed by atoms with Crippen LogP contribution in [0.3, 0.4) is 0 Å². The summed E-state index contributed by atoms with van der Waals surface area (Å²) >= 11 is 1.15. The zero-order valence-corrected chi connectivity index (χ0v) is 13.8. The van der Waals surface area contributed by atoms with Crippen LogP contribution in [0.25, 0.3) is 0 Å². The van der Waals surface area contributed by atoms with Gasteiger partial charge in [-0.25, -0.2) is 4.79 Å². The molecule has 0 radical (unpaired) electrons. The summed E-state index contributed by atoms with van der Waals surface area (Å²) in [5.74, 6) is 0.0692. The summed E-state index contributed by atoms with van der Waals surface area (Å²) in [5, 5.41) is 16.8. The highest BCUT2D eigenvalue weighted by atomic mass is 32.1. The molecule has 122 valence electrons. The fourth-order valence-corrected chi connectivity index (χ4v) is 2.31. The number of carbonyl (C=O) groups excluding carboxylic acids is 2. The third-order valence-electron chi connectivity index (χ3n) is 2.76. The van der Waals surface area contributed by atoms with E-state index in [1.807, 2.05) is 32.0 Å². The van der Waals surface area contributed by atoms with Crippen LogP contribution < -0.4 is 16.0 Å². The number of nitrogens with zero attached hydrogens (tertiary/aromatic N) is 2. The molecule has 0 aliphatic rings. The normalized spacial score (nSPS) is 10.4. The lowest BCUT2D eigenvalue weighted by Gasteiger charge is -2.07. The SMILES string of the molecule is CC(C)CNC(=O)NCc1nnc(C(=O)Nc2ccccc2)s1. The molecule has 3 amide bonds. The Morgan fingerprint density at radius 3 is 2.57 bits per heavy atom. The van der Waals surface area contributed by atoms with Gasteiger partial charge in [-0.15, -0.1) is 10.2 Å². The average molecular weight is 333 g/mol. The van der Waals surface area contributed by atoms with Crippen molar-refractivity contribution in [2.75, 3.05) is 11.9 Å². The van der Waals surface area contributed by atoms with Gasteiger partial charge in [0.1, 0.15) is 5.01 Å². The summed E-state index contributed by atoms with van der Waals surface area (Å²) in [5.41, 5.74) is 0.695. The summed E-state index contributed by atoms with van der Waals surface area (Å²) in [6.45, 7) is 4.87. The molecule has 0 atom stereocenters. The van der Waals surface area contributed by atoms with Gasteiger partial charge >= 0.3 is 6.03 Å². The number of nitrogens with one attached hydrogen (secondary N) is 3. The van der Waals surface area contributed by atoms with Crippen LogP contribution in [0, 0.1) is 5.92 Å². The van der Waals surface area contributed by atoms with Gasteiger partial charge in [-0.2, -0.15) is 0 Å². The first kappa shape index (κ1) is 16.9. The molecule has 0 spiro atoms. The van der Waals surface area contributed by atoms with Gasteiger partial charge in [0.15, 0.2) is 0 Å². The Bertz CT molecular complexity index is 657. The lowest BCUT2D eigenvalue weighted by Crippen LogP contribution is -2.36. The van der Waals surface area contributed by atoms with Crippen LogP contribution in [0.2, 0.25) is 0 Å². The van der Waals surface area contributed by atoms with Crippen LogP contribution in [-0.2, 0) is 6.54 Å². The molecule has 7 nitrogen and oxygen atoms in total. The highest BCUT2D eigenvalue weighted by molar-refractivity contribution is 7.13. The predicted octanol–water partition coefficient (Wildman–Crippen LogP) is 2.25. The van der Waals surface area contributed by atoms with Crippen molar-refractivity contribution in [3.8, 4) is 0 Å². The molecule has 0 saturated heterocycles. The number of benzene rings is 1. The summed E-state index contributed by atoms with van der Waals surface area (Å²) in [7, 11) is 0. The molecule has 0 bridgehead atoms. The topological polar surface area (TPSA) is 96.0 Å². The largest absolute Gasteiger partial charge is 0.338 e. The summed E-state index contributed by atoms with van der Waals surface area (Å²) < 4.78 is 0. The summed E-state index contributed by atoms with van der Waals surface area (Å²) in [6.07, 6.45) is 0. The van der Waals surface area contributed by atoms with E-state index < -0.39 is 0 Å². The van der Waals surface area contributed by atoms with Crippen molar-refractivity contribution in [2.45, 2.75) is 20.4 Å². The third kappa shape index (κ3) is 5.67. The average Bonchev–Trinajstić information content (AvgIpc) is 3.01. The lowest BCUT2D eigenvalue weighted by molar-refractivity contribution is 0.102. The molecule has 23 heavy (non-hydrogen) atoms. The van der Waals surface area contributed by atoms with Crippen LogP contribution in [0.15, 0.2) is 30.3 Å². The number of anilines is 1. The minimum absolute atomic E-state index is 0.236. The smallest absolute Gasteiger partial charge is 0.315 e. The molecule has 0 aliphatic carbocycles. The molecule has 1 heterocycles. The molecule has 3 N–H and O–H groups in total. The van der Waals surface area contributed by atoms with Gasteiger partial charge in [-0.3, -0.25) is 4.79 Å². The number of rotatable bonds is 6. The third-order valence-corrected chi connectivity index (χ3v) is 3.69. The van der Waals surface area contributed by atoms with Gasteiger partial charge < -0.3 is 16.0 Å². The predicted molar refractivity (Wildman–Crippen MR) is 89.4 cm³/mol. The second-order valence-corrected chi connectivity index (χ2v) is 6.34. The minimum Gasteiger partial charge on any atom is -0.338 e. The first-order chi connectivity index (χ1) is 11.0. The van der Waals surface area contributed by atoms with Crippen molar-refractivity contribution in [3.05, 3.63) is 40.3 Å². The number of carbonyl (C=O) groups is 2. The molecule has 0 unspecified atom stereocenters. The fourth-order valence-electron chi connectivity index (χ4n) is 1.64. The molecule has 1 aromatic heterocycles. The van der Waals surface area contributed by atoms with Gasteiger partial charge in [-0.1, -0.05) is 43.4 Å². The van der Waals surface area contributed by atoms with E-state index in [9.17, 15) is 9.59 Å². The molecule has 0 aliphatic heterocycles. The zero-order valence-electron chi connectivity index (χ0n) is 13.0. The van der Waals surface area contributed by atoms with Crippen LogP contribution >= 0.6 is 11.3 Å². The standard InChI is InChI=1S/C15H19N5O2S/c1-10(2)8-16-15(22)17-9-12-19-20-14(23-12)13(21)18-11-6-4-3-5-7-11/h3-7,10H,8-9H2,1-2H3,(H,18,21)(H2,16,17,22). The maximum atomic E-state index is 12.0. The van der Waals surface area contributed by atoms with E-state index >= 15 is 0 Å². The lowest BCUT2D eigenvalue weighted by atomic mass is 10.2. The quantitative estimate of drug-likeness (QED) is 0.755. The molecule has 8 heteroatoms. The first-order valence-corrected chi connectivity index (χ1v) is 8.06. The fraction of sp³-hybridized carbons (Fsp3) is 0.333. The van der Waals surface area contributed by atoms with E-state index in [4.69, 9.17) is 0 Å². The Hall–Kier alpha value is -2.48. The number of para-hydroxylation sites is 1. The Morgan fingerprint density at radius 1 is 1.13 bits per heavy atom. The van der Waals surface area contributed by atoms with E-state index in [0.29, 0.717) is 23.2 Å². The number of hydrogen-bond acceptors (Lipinski definition) is 5. The number of aromatic nitrogens is 2. The first-order valence-electron chi connectivity index (χ1n) is 7.25. The molecular weight excluding hydrogens is 314 g/mol. The van der Waals surface area contributed by atoms with Crippen molar-refractivity contribution < 1.29 is 9.59 Å². The maximum absolute atomic E-state index is 12.0. The molecule has 1 aromatic carbocycles. The van der Waals surface area contributed by atoms with E-state index in [0.717, 1.165) is 11.3 Å². The Morgan fingerprint density at radius 2 is 1.87 bits per heavy atom. The molecule has 2 rings (SSSR count). The number of amides is 3. The second-order valence-electron chi connectivity index (χ2n) is 5.28. The van der Waals surface area contributed by atoms with Crippen LogP contribution in [0.4, 0.5) is 10.5 Å². The highest BCUT2D eigenvalue weighted by Gasteiger charge is 2.13. The van der Waals surface area contributed by atoms with Crippen LogP contribution in [0.1, 0.15) is 28.7 Å². The van der Waals surface area contributed by atoms with Gasteiger partial charge in [0.25, 0.3) is 5.91 Å². The number of urea groups is 1. The number of hydrogen-bond donors (Lipinski definition) is 3. The monoisotopic (exact) mass is 333 g/mol. The molecule has 2 aromatic rings. The van der Waals surface area contributed by atoms with Crippen LogP contribution in [0.5, 0.6) is 0 Å². The van der Waals surface area contributed by atoms with Gasteiger partial charge in [0.2, 0.25) is 5.01 Å². The van der Waals surface area contributed by atoms with Gasteiger partial charge in [0.05, 0.1) is 6.54 Å². The van der Waals surface area contributed by atoms with E-state index in [1.165, 1.54) is 0 Å². The Labute approximate surface area is 138 Å². The van der Waals surface area contributed by atoms with E-state index in [1.54, 1.807) is 12.1 Å². The molecule has 0 saturated carbocycles.